The van der Waals surface area contributed by atoms with Gasteiger partial charge in [-0.1, -0.05) is 12.5 Å². The van der Waals surface area contributed by atoms with E-state index in [0.717, 1.165) is 19.5 Å². The SMILES string of the molecule is O=C1N(CC2CCC2)CCC[C@@]1(O)CN1CCC(O)(c2ccccn2)CC1. The van der Waals surface area contributed by atoms with Crippen molar-refractivity contribution >= 4 is 5.91 Å². The van der Waals surface area contributed by atoms with E-state index in [9.17, 15) is 15.0 Å². The Labute approximate surface area is 161 Å². The molecule has 0 bridgehead atoms. The molecule has 2 aliphatic heterocycles. The highest BCUT2D eigenvalue weighted by Gasteiger charge is 2.45. The van der Waals surface area contributed by atoms with Gasteiger partial charge in [0.05, 0.1) is 5.69 Å². The second-order valence-corrected chi connectivity index (χ2v) is 8.71. The van der Waals surface area contributed by atoms with Gasteiger partial charge < -0.3 is 15.1 Å². The number of hydrogen-bond donors (Lipinski definition) is 2. The standard InChI is InChI=1S/C21H31N3O3/c25-19-21(27,8-4-12-24(19)15-17-5-3-6-17)16-23-13-9-20(26,10-14-23)18-7-1-2-11-22-18/h1-2,7,11,17,26-27H,3-6,8-10,12-16H2/t21-/m1/s1. The van der Waals surface area contributed by atoms with Gasteiger partial charge in [0.15, 0.2) is 5.60 Å². The Morgan fingerprint density at radius 3 is 2.48 bits per heavy atom. The minimum Gasteiger partial charge on any atom is -0.383 e. The van der Waals surface area contributed by atoms with Crippen molar-refractivity contribution in [3.63, 3.8) is 0 Å². The van der Waals surface area contributed by atoms with E-state index in [2.05, 4.69) is 9.88 Å². The molecule has 6 heteroatoms. The van der Waals surface area contributed by atoms with Crippen LogP contribution in [0, 0.1) is 5.92 Å². The first kappa shape index (κ1) is 18.8. The van der Waals surface area contributed by atoms with E-state index in [1.54, 1.807) is 6.20 Å². The Hall–Kier alpha value is -1.50. The molecular formula is C21H31N3O3. The fraction of sp³-hybridized carbons (Fsp3) is 0.714. The summed E-state index contributed by atoms with van der Waals surface area (Å²) in [6.45, 7) is 3.26. The van der Waals surface area contributed by atoms with Crippen molar-refractivity contribution in [1.29, 1.82) is 0 Å². The number of nitrogens with zero attached hydrogens (tertiary/aromatic N) is 3. The fourth-order valence-corrected chi connectivity index (χ4v) is 4.72. The van der Waals surface area contributed by atoms with E-state index in [4.69, 9.17) is 0 Å². The molecule has 3 aliphatic rings. The third-order valence-corrected chi connectivity index (χ3v) is 6.72. The lowest BCUT2D eigenvalue weighted by molar-refractivity contribution is -0.162. The van der Waals surface area contributed by atoms with Crippen LogP contribution in [0.15, 0.2) is 24.4 Å². The van der Waals surface area contributed by atoms with Gasteiger partial charge in [0.25, 0.3) is 5.91 Å². The molecule has 2 saturated heterocycles. The second-order valence-electron chi connectivity index (χ2n) is 8.71. The van der Waals surface area contributed by atoms with Gasteiger partial charge in [-0.05, 0) is 56.6 Å². The molecule has 3 heterocycles. The summed E-state index contributed by atoms with van der Waals surface area (Å²) >= 11 is 0. The summed E-state index contributed by atoms with van der Waals surface area (Å²) in [4.78, 5) is 21.3. The number of amides is 1. The van der Waals surface area contributed by atoms with Crippen molar-refractivity contribution in [3.8, 4) is 0 Å². The predicted octanol–water partition coefficient (Wildman–Crippen LogP) is 1.52. The topological polar surface area (TPSA) is 76.9 Å². The lowest BCUT2D eigenvalue weighted by Crippen LogP contribution is -2.60. The number of aliphatic hydroxyl groups is 2. The molecule has 148 valence electrons. The predicted molar refractivity (Wildman–Crippen MR) is 102 cm³/mol. The average molecular weight is 373 g/mol. The third-order valence-electron chi connectivity index (χ3n) is 6.72. The van der Waals surface area contributed by atoms with E-state index in [0.29, 0.717) is 50.5 Å². The van der Waals surface area contributed by atoms with E-state index < -0.39 is 11.2 Å². The summed E-state index contributed by atoms with van der Waals surface area (Å²) in [7, 11) is 0. The largest absolute Gasteiger partial charge is 0.383 e. The highest BCUT2D eigenvalue weighted by molar-refractivity contribution is 5.86. The first-order valence-electron chi connectivity index (χ1n) is 10.4. The number of β-amino-alcohol motifs (C(OH)–C–C–N with tert-alkyl or cyclic N) is 1. The summed E-state index contributed by atoms with van der Waals surface area (Å²) in [5.41, 5.74) is -1.47. The molecule has 1 amide bonds. The van der Waals surface area contributed by atoms with Gasteiger partial charge in [-0.2, -0.15) is 0 Å². The average Bonchev–Trinajstić information content (AvgIpc) is 2.64. The maximum atomic E-state index is 12.9. The lowest BCUT2D eigenvalue weighted by atomic mass is 9.83. The Morgan fingerprint density at radius 2 is 1.85 bits per heavy atom. The van der Waals surface area contributed by atoms with Gasteiger partial charge in [0, 0.05) is 38.9 Å². The number of carbonyl (C=O) groups excluding carboxylic acids is 1. The Morgan fingerprint density at radius 1 is 1.07 bits per heavy atom. The highest BCUT2D eigenvalue weighted by Crippen LogP contribution is 2.34. The molecule has 2 N–H and O–H groups in total. The summed E-state index contributed by atoms with van der Waals surface area (Å²) in [6, 6.07) is 5.61. The molecule has 27 heavy (non-hydrogen) atoms. The van der Waals surface area contributed by atoms with Crippen LogP contribution in [-0.4, -0.2) is 69.2 Å². The quantitative estimate of drug-likeness (QED) is 0.818. The number of piperidine rings is 2. The second kappa shape index (κ2) is 7.49. The maximum absolute atomic E-state index is 12.9. The first-order valence-corrected chi connectivity index (χ1v) is 10.4. The summed E-state index contributed by atoms with van der Waals surface area (Å²) in [6.07, 6.45) is 7.93. The molecule has 0 unspecified atom stereocenters. The number of carbonyl (C=O) groups is 1. The van der Waals surface area contributed by atoms with Gasteiger partial charge in [0.1, 0.15) is 5.60 Å². The summed E-state index contributed by atoms with van der Waals surface area (Å²) in [5, 5.41) is 22.0. The smallest absolute Gasteiger partial charge is 0.255 e. The Bertz CT molecular complexity index is 656. The van der Waals surface area contributed by atoms with Crippen molar-refractivity contribution in [1.82, 2.24) is 14.8 Å². The zero-order valence-electron chi connectivity index (χ0n) is 16.0. The Kier molecular flexibility index (Phi) is 5.23. The summed E-state index contributed by atoms with van der Waals surface area (Å²) in [5.74, 6) is 0.533. The highest BCUT2D eigenvalue weighted by atomic mass is 16.3. The van der Waals surface area contributed by atoms with Gasteiger partial charge >= 0.3 is 0 Å². The van der Waals surface area contributed by atoms with Crippen molar-refractivity contribution < 1.29 is 15.0 Å². The summed E-state index contributed by atoms with van der Waals surface area (Å²) < 4.78 is 0. The van der Waals surface area contributed by atoms with Crippen LogP contribution in [-0.2, 0) is 10.4 Å². The molecule has 4 rings (SSSR count). The number of rotatable bonds is 5. The zero-order valence-corrected chi connectivity index (χ0v) is 16.0. The molecule has 0 aromatic carbocycles. The van der Waals surface area contributed by atoms with Crippen LogP contribution in [0.25, 0.3) is 0 Å². The normalized spacial score (nSPS) is 29.6. The Balaban J connectivity index is 1.35. The van der Waals surface area contributed by atoms with Crippen LogP contribution in [0.3, 0.4) is 0 Å². The number of pyridine rings is 1. The zero-order chi connectivity index (χ0) is 18.9. The van der Waals surface area contributed by atoms with Crippen LogP contribution in [0.2, 0.25) is 0 Å². The number of likely N-dealkylation sites (tertiary alicyclic amines) is 2. The van der Waals surface area contributed by atoms with Gasteiger partial charge in [-0.15, -0.1) is 0 Å². The van der Waals surface area contributed by atoms with Crippen LogP contribution < -0.4 is 0 Å². The number of hydrogen-bond acceptors (Lipinski definition) is 5. The van der Waals surface area contributed by atoms with E-state index in [1.165, 1.54) is 19.3 Å². The van der Waals surface area contributed by atoms with Gasteiger partial charge in [0.2, 0.25) is 0 Å². The van der Waals surface area contributed by atoms with E-state index in [-0.39, 0.29) is 5.91 Å². The van der Waals surface area contributed by atoms with Crippen LogP contribution in [0.5, 0.6) is 0 Å². The molecule has 0 spiro atoms. The van der Waals surface area contributed by atoms with Crippen LogP contribution in [0.4, 0.5) is 0 Å². The van der Waals surface area contributed by atoms with Crippen molar-refractivity contribution in [3.05, 3.63) is 30.1 Å². The van der Waals surface area contributed by atoms with E-state index in [1.807, 2.05) is 23.1 Å². The van der Waals surface area contributed by atoms with Gasteiger partial charge in [-0.3, -0.25) is 14.7 Å². The van der Waals surface area contributed by atoms with Crippen LogP contribution >= 0.6 is 0 Å². The monoisotopic (exact) mass is 373 g/mol. The van der Waals surface area contributed by atoms with Crippen molar-refractivity contribution in [2.45, 2.75) is 56.1 Å². The maximum Gasteiger partial charge on any atom is 0.255 e. The minimum atomic E-state index is -1.28. The molecule has 1 aromatic rings. The van der Waals surface area contributed by atoms with Crippen molar-refractivity contribution in [2.75, 3.05) is 32.7 Å². The molecule has 0 radical (unpaired) electrons. The molecule has 1 atom stereocenters. The molecular weight excluding hydrogens is 342 g/mol. The minimum absolute atomic E-state index is 0.0915. The molecule has 1 aromatic heterocycles. The fourth-order valence-electron chi connectivity index (χ4n) is 4.72. The molecule has 1 saturated carbocycles. The van der Waals surface area contributed by atoms with Gasteiger partial charge in [-0.25, -0.2) is 0 Å². The first-order chi connectivity index (χ1) is 13.0. The lowest BCUT2D eigenvalue weighted by Gasteiger charge is -2.45. The molecule has 3 fully saturated rings. The third kappa shape index (κ3) is 3.89. The molecule has 1 aliphatic carbocycles. The van der Waals surface area contributed by atoms with Crippen molar-refractivity contribution in [2.24, 2.45) is 5.92 Å². The van der Waals surface area contributed by atoms with Crippen LogP contribution in [0.1, 0.15) is 50.6 Å². The van der Waals surface area contributed by atoms with E-state index >= 15 is 0 Å². The molecule has 6 nitrogen and oxygen atoms in total. The number of aromatic nitrogens is 1.